The van der Waals surface area contributed by atoms with Crippen LogP contribution in [0.15, 0.2) is 139 Å². The summed E-state index contributed by atoms with van der Waals surface area (Å²) in [7, 11) is 0. The van der Waals surface area contributed by atoms with Crippen molar-refractivity contribution in [2.45, 2.75) is 134 Å². The van der Waals surface area contributed by atoms with Crippen molar-refractivity contribution in [2.75, 3.05) is 92.1 Å². The number of alkyl halides is 18. The van der Waals surface area contributed by atoms with Crippen LogP contribution < -0.4 is 0 Å². The number of ether oxygens (including phenoxy) is 8. The Morgan fingerprint density at radius 2 is 0.723 bits per heavy atom. The third-order valence-electron chi connectivity index (χ3n) is 23.1. The zero-order chi connectivity index (χ0) is 86.5. The van der Waals surface area contributed by atoms with Gasteiger partial charge in [-0.3, -0.25) is 14.4 Å². The molecule has 6 aromatic rings. The fraction of sp³-hybridized carbons (Fsp3) is 0.488. The summed E-state index contributed by atoms with van der Waals surface area (Å²) >= 11 is 0. The lowest BCUT2D eigenvalue weighted by Crippen LogP contribution is -2.42. The lowest BCUT2D eigenvalue weighted by atomic mass is 9.76. The van der Waals surface area contributed by atoms with E-state index in [-0.39, 0.29) is 127 Å². The summed E-state index contributed by atoms with van der Waals surface area (Å²) in [5, 5.41) is 9.29. The van der Waals surface area contributed by atoms with E-state index in [0.717, 1.165) is 22.5 Å². The molecule has 119 heavy (non-hydrogen) atoms. The molecule has 646 valence electrons. The molecule has 6 fully saturated rings. The maximum Gasteiger partial charge on any atom is 0.416 e. The van der Waals surface area contributed by atoms with Crippen molar-refractivity contribution in [2.24, 2.45) is 35.5 Å². The van der Waals surface area contributed by atoms with Crippen molar-refractivity contribution < 1.29 is 145 Å². The number of hydrogen-bond donors (Lipinski definition) is 1. The van der Waals surface area contributed by atoms with Crippen molar-refractivity contribution in [1.82, 2.24) is 14.7 Å². The minimum Gasteiger partial charge on any atom is -0.387 e. The normalized spacial score (nSPS) is 25.8. The molecule has 0 spiro atoms. The van der Waals surface area contributed by atoms with Gasteiger partial charge in [-0.15, -0.1) is 0 Å². The van der Waals surface area contributed by atoms with Crippen molar-refractivity contribution in [3.63, 3.8) is 0 Å². The van der Waals surface area contributed by atoms with Gasteiger partial charge in [-0.2, -0.15) is 79.0 Å². The molecular formula is C84H83F20N3O12. The number of nitrogens with zero attached hydrogens (tertiary/aromatic N) is 3. The highest BCUT2D eigenvalue weighted by Crippen LogP contribution is 2.52. The van der Waals surface area contributed by atoms with Crippen LogP contribution in [-0.2, 0) is 89.3 Å². The number of benzene rings is 6. The minimum absolute atomic E-state index is 0.00257. The second kappa shape index (κ2) is 35.5. The van der Waals surface area contributed by atoms with Gasteiger partial charge in [0.15, 0.2) is 30.4 Å². The number of carbonyl (C=O) groups is 3. The summed E-state index contributed by atoms with van der Waals surface area (Å²) in [5.74, 6) is -3.69. The smallest absolute Gasteiger partial charge is 0.387 e. The van der Waals surface area contributed by atoms with E-state index in [1.54, 1.807) is 32.1 Å². The summed E-state index contributed by atoms with van der Waals surface area (Å²) in [6, 6.07) is 20.1. The third-order valence-corrected chi connectivity index (χ3v) is 23.1. The average Bonchev–Trinajstić information content (AvgIpc) is 1.42. The van der Waals surface area contributed by atoms with E-state index in [0.29, 0.717) is 105 Å². The number of aliphatic hydroxyl groups is 1. The number of likely N-dealkylation sites (tertiary alicyclic amines) is 3. The van der Waals surface area contributed by atoms with Gasteiger partial charge < -0.3 is 57.7 Å². The fourth-order valence-electron chi connectivity index (χ4n) is 17.2. The Kier molecular flexibility index (Phi) is 26.8. The van der Waals surface area contributed by atoms with Crippen LogP contribution in [0.4, 0.5) is 87.8 Å². The second-order valence-corrected chi connectivity index (χ2v) is 31.1. The molecule has 0 saturated carbocycles. The van der Waals surface area contributed by atoms with Crippen molar-refractivity contribution in [3.05, 3.63) is 234 Å². The van der Waals surface area contributed by atoms with Crippen molar-refractivity contribution >= 4 is 17.5 Å². The molecule has 8 aliphatic rings. The molecule has 15 atom stereocenters. The van der Waals surface area contributed by atoms with Crippen LogP contribution in [0.5, 0.6) is 0 Å². The first-order chi connectivity index (χ1) is 55.7. The van der Waals surface area contributed by atoms with E-state index in [9.17, 15) is 107 Å². The van der Waals surface area contributed by atoms with E-state index in [2.05, 4.69) is 4.90 Å². The van der Waals surface area contributed by atoms with E-state index in [1.807, 2.05) is 36.1 Å². The molecular weight excluding hydrogens is 1620 g/mol. The molecule has 8 heterocycles. The van der Waals surface area contributed by atoms with Crippen LogP contribution in [0, 0.1) is 67.9 Å². The van der Waals surface area contributed by atoms with Gasteiger partial charge in [0.25, 0.3) is 0 Å². The number of aliphatic hydroxyl groups excluding tert-OH is 1. The maximum atomic E-state index is 14.0. The Hall–Kier alpha value is -8.55. The molecule has 14 rings (SSSR count). The van der Waals surface area contributed by atoms with Gasteiger partial charge in [0.05, 0.1) is 84.7 Å². The van der Waals surface area contributed by atoms with Gasteiger partial charge >= 0.3 is 37.1 Å². The molecule has 6 aromatic carbocycles. The van der Waals surface area contributed by atoms with Crippen molar-refractivity contribution in [3.8, 4) is 0 Å². The van der Waals surface area contributed by atoms with Gasteiger partial charge in [0.1, 0.15) is 31.5 Å². The van der Waals surface area contributed by atoms with E-state index >= 15 is 0 Å². The molecule has 0 bridgehead atoms. The lowest BCUT2D eigenvalue weighted by molar-refractivity contribution is -0.217. The SMILES string of the molecule is Cc1cc(F)ccc1[C@@H]1[C@@H](O[C@H](C)c2cc(C(F)(F)F)cc(C(F)(F)F)c2)OC[C@@H]2CN(C(=O)CO)C[C@H]21.Cc1cc(F)ccc1[C@@H]1[C@@H](O[C@H](C)c2cc(C(F)(F)F)cc(C(F)(F)F)c2)OC[C@@H]2CN(C3=CC(=O)COC3)C[C@H]21.Cc1ccccc1[C@@H]1[C@@H](O[C@H](C)c2cc(C(F)(F)F)cc(C(F)(F)F)c2)OC[C@@H]2CN(C3=CC(=O)COC3)C[C@H]21. The van der Waals surface area contributed by atoms with Gasteiger partial charge in [-0.1, -0.05) is 36.4 Å². The number of hydrogen-bond acceptors (Lipinski definition) is 14. The molecule has 0 unspecified atom stereocenters. The Morgan fingerprint density at radius 1 is 0.412 bits per heavy atom. The summed E-state index contributed by atoms with van der Waals surface area (Å²) < 4.78 is 317. The predicted molar refractivity (Wildman–Crippen MR) is 384 cm³/mol. The first-order valence-electron chi connectivity index (χ1n) is 38.0. The zero-order valence-electron chi connectivity index (χ0n) is 64.5. The standard InChI is InChI=1S/C29H28F7NO4.C29H29F6NO4.C26H26F7NO4/c1-15-5-21(30)3-4-24(15)26-25-11-37(22-9-23(38)14-39-13-22)10-18(25)12-40-27(26)41-16(2)17-6-19(28(31,32)33)8-20(7-17)29(34,35)36;1-16-5-3-4-6-24(16)26-25-12-36(22-10-23(37)15-38-14-22)11-19(25)13-39-27(26)40-17(2)18-7-20(28(30,31)32)9-21(8-18)29(33,34)35;1-13-5-19(27)3-4-20(13)23-21-10-34(22(36)11-35)9-16(21)12-37-24(23)38-14(2)15-6-17(25(28,29)30)8-18(7-15)26(31,32)33/h3-9,16,18,25-27H,10-14H2,1-2H3;3-10,17,19,25-27H,11-15H2,1-2H3;3-8,14,16,21,23-24,35H,9-12H2,1-2H3/t16-,18+,25-,26+,27-;17-,19+,25-,26+,27-;14-,16+,21-,23+,24-/m111/s1. The summed E-state index contributed by atoms with van der Waals surface area (Å²) in [4.78, 5) is 41.6. The highest BCUT2D eigenvalue weighted by molar-refractivity contribution is 5.92. The lowest BCUT2D eigenvalue weighted by Gasteiger charge is -2.41. The Bertz CT molecular complexity index is 4640. The van der Waals surface area contributed by atoms with Gasteiger partial charge in [-0.05, 0) is 188 Å². The summed E-state index contributed by atoms with van der Waals surface area (Å²) in [6.07, 6.45) is -33.4. The molecule has 1 amide bonds. The molecule has 0 aromatic heterocycles. The Balaban J connectivity index is 0.000000164. The number of aryl methyl sites for hydroxylation is 3. The second-order valence-electron chi connectivity index (χ2n) is 31.1. The molecule has 35 heteroatoms. The van der Waals surface area contributed by atoms with E-state index in [4.69, 9.17) is 37.9 Å². The van der Waals surface area contributed by atoms with Crippen LogP contribution in [0.3, 0.4) is 0 Å². The van der Waals surface area contributed by atoms with Crippen molar-refractivity contribution in [1.29, 1.82) is 0 Å². The molecule has 8 aliphatic heterocycles. The average molecular weight is 1710 g/mol. The third kappa shape index (κ3) is 21.0. The number of amides is 1. The zero-order valence-corrected chi connectivity index (χ0v) is 64.5. The van der Waals surface area contributed by atoms with Gasteiger partial charge in [0.2, 0.25) is 5.91 Å². The van der Waals surface area contributed by atoms with Crippen LogP contribution in [0.2, 0.25) is 0 Å². The molecule has 15 nitrogen and oxygen atoms in total. The first-order valence-corrected chi connectivity index (χ1v) is 38.0. The number of ketones is 2. The van der Waals surface area contributed by atoms with E-state index < -0.39 is 144 Å². The highest BCUT2D eigenvalue weighted by atomic mass is 19.4. The Morgan fingerprint density at radius 3 is 1.03 bits per heavy atom. The highest BCUT2D eigenvalue weighted by Gasteiger charge is 2.53. The van der Waals surface area contributed by atoms with Crippen LogP contribution in [0.1, 0.15) is 140 Å². The summed E-state index contributed by atoms with van der Waals surface area (Å²) in [5.41, 5.74) is -3.57. The van der Waals surface area contributed by atoms with E-state index in [1.165, 1.54) is 56.0 Å². The number of rotatable bonds is 15. The molecule has 1 N–H and O–H groups in total. The fourth-order valence-corrected chi connectivity index (χ4v) is 17.2. The molecule has 0 radical (unpaired) electrons. The topological polar surface area (TPSA) is 155 Å². The first kappa shape index (κ1) is 89.7. The number of carbonyl (C=O) groups excluding carboxylic acids is 3. The van der Waals surface area contributed by atoms with Crippen LogP contribution in [0.25, 0.3) is 0 Å². The van der Waals surface area contributed by atoms with Crippen LogP contribution in [-0.4, -0.2) is 148 Å². The maximum absolute atomic E-state index is 14.0. The Labute approximate surface area is 670 Å². The largest absolute Gasteiger partial charge is 0.416 e. The van der Waals surface area contributed by atoms with Gasteiger partial charge in [0, 0.05) is 98.3 Å². The molecule has 6 saturated heterocycles. The predicted octanol–water partition coefficient (Wildman–Crippen LogP) is 18.2. The number of halogens is 20. The molecule has 0 aliphatic carbocycles. The quantitative estimate of drug-likeness (QED) is 0.0969. The summed E-state index contributed by atoms with van der Waals surface area (Å²) in [6.45, 7) is 12.8. The number of fused-ring (bicyclic) bond motifs is 3. The van der Waals surface area contributed by atoms with Gasteiger partial charge in [-0.25, -0.2) is 8.78 Å². The van der Waals surface area contributed by atoms with Crippen LogP contribution >= 0.6 is 0 Å². The monoisotopic (exact) mass is 1710 g/mol. The minimum atomic E-state index is -5.01.